The molecule has 144 valence electrons. The van der Waals surface area contributed by atoms with Crippen LogP contribution in [0, 0.1) is 0 Å². The molecule has 6 nitrogen and oxygen atoms in total. The Balaban J connectivity index is 2.15. The Morgan fingerprint density at radius 1 is 0.929 bits per heavy atom. The van der Waals surface area contributed by atoms with Crippen LogP contribution in [0.1, 0.15) is 18.4 Å². The van der Waals surface area contributed by atoms with Crippen LogP contribution in [0.2, 0.25) is 0 Å². The summed E-state index contributed by atoms with van der Waals surface area (Å²) in [5, 5.41) is 7.93. The predicted molar refractivity (Wildman–Crippen MR) is 113 cm³/mol. The number of allylic oxidation sites excluding steroid dienone is 1. The van der Waals surface area contributed by atoms with E-state index in [0.29, 0.717) is 18.0 Å². The summed E-state index contributed by atoms with van der Waals surface area (Å²) < 4.78 is 16.4. The number of unbranched alkanes of at least 4 members (excludes halogenated alkanes) is 1. The van der Waals surface area contributed by atoms with Gasteiger partial charge in [-0.05, 0) is 75.8 Å². The van der Waals surface area contributed by atoms with Crippen LogP contribution in [-0.4, -0.2) is 27.9 Å². The van der Waals surface area contributed by atoms with Crippen LogP contribution in [0.5, 0.6) is 17.2 Å². The fourth-order valence-corrected chi connectivity index (χ4v) is 3.28. The van der Waals surface area contributed by atoms with E-state index in [-0.39, 0.29) is 0 Å². The second-order valence-corrected chi connectivity index (χ2v) is 6.30. The first-order valence-electron chi connectivity index (χ1n) is 9.05. The zero-order valence-electron chi connectivity index (χ0n) is 16.3. The molecular formula is C22H23N3O3. The van der Waals surface area contributed by atoms with Crippen LogP contribution in [0.15, 0.2) is 47.6 Å². The summed E-state index contributed by atoms with van der Waals surface area (Å²) in [4.78, 5) is 2.78. The lowest BCUT2D eigenvalue weighted by Gasteiger charge is -2.14. The number of rotatable bonds is 8. The highest BCUT2D eigenvalue weighted by molar-refractivity contribution is 6.12. The number of fused-ring (bicyclic) bond motifs is 3. The molecular weight excluding hydrogens is 354 g/mol. The summed E-state index contributed by atoms with van der Waals surface area (Å²) in [5.41, 5.74) is 9.45. The van der Waals surface area contributed by atoms with Gasteiger partial charge < -0.3 is 14.2 Å². The Bertz CT molecular complexity index is 1070. The number of benzene rings is 3. The monoisotopic (exact) mass is 377 g/mol. The van der Waals surface area contributed by atoms with Crippen LogP contribution in [0.25, 0.3) is 38.1 Å². The third-order valence-electron chi connectivity index (χ3n) is 4.69. The molecule has 6 heteroatoms. The molecule has 0 unspecified atom stereocenters. The maximum Gasteiger partial charge on any atom is 0.161 e. The number of nitrogens with zero attached hydrogens (tertiary/aromatic N) is 3. The maximum absolute atomic E-state index is 8.36. The van der Waals surface area contributed by atoms with E-state index in [2.05, 4.69) is 34.3 Å². The van der Waals surface area contributed by atoms with Gasteiger partial charge in [0.25, 0.3) is 0 Å². The Morgan fingerprint density at radius 2 is 1.68 bits per heavy atom. The quantitative estimate of drug-likeness (QED) is 0.156. The van der Waals surface area contributed by atoms with Gasteiger partial charge in [-0.1, -0.05) is 23.3 Å². The van der Waals surface area contributed by atoms with E-state index in [0.717, 1.165) is 45.7 Å². The zero-order chi connectivity index (χ0) is 19.9. The van der Waals surface area contributed by atoms with Crippen molar-refractivity contribution in [2.75, 3.05) is 27.9 Å². The minimum atomic E-state index is 0.504. The lowest BCUT2D eigenvalue weighted by atomic mass is 9.96. The molecule has 0 aliphatic heterocycles. The van der Waals surface area contributed by atoms with E-state index < -0.39 is 0 Å². The van der Waals surface area contributed by atoms with Crippen molar-refractivity contribution in [2.45, 2.75) is 12.8 Å². The number of azide groups is 1. The van der Waals surface area contributed by atoms with Gasteiger partial charge in [0.1, 0.15) is 5.75 Å². The summed E-state index contributed by atoms with van der Waals surface area (Å²) in [5.74, 6) is 2.19. The zero-order valence-corrected chi connectivity index (χ0v) is 16.3. The molecule has 0 aromatic heterocycles. The van der Waals surface area contributed by atoms with Gasteiger partial charge in [-0.3, -0.25) is 0 Å². The molecule has 3 aromatic carbocycles. The molecule has 0 fully saturated rings. The third kappa shape index (κ3) is 3.97. The lowest BCUT2D eigenvalue weighted by Crippen LogP contribution is -1.92. The number of hydrogen-bond donors (Lipinski definition) is 0. The largest absolute Gasteiger partial charge is 0.497 e. The molecule has 28 heavy (non-hydrogen) atoms. The average molecular weight is 377 g/mol. The van der Waals surface area contributed by atoms with Crippen LogP contribution in [0.4, 0.5) is 0 Å². The van der Waals surface area contributed by atoms with Crippen molar-refractivity contribution < 1.29 is 14.2 Å². The molecule has 0 amide bonds. The molecule has 3 aromatic rings. The van der Waals surface area contributed by atoms with Gasteiger partial charge in [0.15, 0.2) is 11.5 Å². The van der Waals surface area contributed by atoms with Gasteiger partial charge >= 0.3 is 0 Å². The van der Waals surface area contributed by atoms with E-state index in [1.165, 1.54) is 0 Å². The van der Waals surface area contributed by atoms with Crippen molar-refractivity contribution in [3.63, 3.8) is 0 Å². The molecule has 0 saturated heterocycles. The Morgan fingerprint density at radius 3 is 2.36 bits per heavy atom. The van der Waals surface area contributed by atoms with Crippen molar-refractivity contribution in [3.8, 4) is 17.2 Å². The highest BCUT2D eigenvalue weighted by atomic mass is 16.5. The summed E-state index contributed by atoms with van der Waals surface area (Å²) >= 11 is 0. The van der Waals surface area contributed by atoms with Crippen LogP contribution in [0.3, 0.4) is 0 Å². The number of methoxy groups -OCH3 is 3. The Hall–Kier alpha value is -3.37. The normalized spacial score (nSPS) is 11.0. The molecule has 0 saturated carbocycles. The Kier molecular flexibility index (Phi) is 6.25. The van der Waals surface area contributed by atoms with Gasteiger partial charge in [-0.15, -0.1) is 0 Å². The fraction of sp³-hybridized carbons (Fsp3) is 0.273. The van der Waals surface area contributed by atoms with E-state index in [9.17, 15) is 0 Å². The van der Waals surface area contributed by atoms with E-state index in [1.54, 1.807) is 21.3 Å². The summed E-state index contributed by atoms with van der Waals surface area (Å²) in [6, 6.07) is 12.2. The molecule has 3 rings (SSSR count). The number of ether oxygens (including phenoxy) is 3. The van der Waals surface area contributed by atoms with E-state index in [1.807, 2.05) is 24.3 Å². The topological polar surface area (TPSA) is 76.5 Å². The summed E-state index contributed by atoms with van der Waals surface area (Å²) in [6.07, 6.45) is 5.87. The van der Waals surface area contributed by atoms with Gasteiger partial charge in [-0.2, -0.15) is 0 Å². The Labute approximate surface area is 163 Å². The van der Waals surface area contributed by atoms with E-state index >= 15 is 0 Å². The predicted octanol–water partition coefficient (Wildman–Crippen LogP) is 6.12. The first kappa shape index (κ1) is 19.4. The van der Waals surface area contributed by atoms with E-state index in [4.69, 9.17) is 19.7 Å². The molecule has 0 radical (unpaired) electrons. The first-order valence-corrected chi connectivity index (χ1v) is 9.05. The second-order valence-electron chi connectivity index (χ2n) is 6.30. The van der Waals surface area contributed by atoms with Gasteiger partial charge in [0.05, 0.1) is 21.3 Å². The van der Waals surface area contributed by atoms with Gasteiger partial charge in [-0.25, -0.2) is 0 Å². The minimum Gasteiger partial charge on any atom is -0.497 e. The van der Waals surface area contributed by atoms with Gasteiger partial charge in [0, 0.05) is 11.5 Å². The summed E-state index contributed by atoms with van der Waals surface area (Å²) in [6.45, 7) is 0.504. The molecule has 0 spiro atoms. The molecule has 0 bridgehead atoms. The smallest absolute Gasteiger partial charge is 0.161 e. The summed E-state index contributed by atoms with van der Waals surface area (Å²) in [7, 11) is 4.94. The number of hydrogen-bond acceptors (Lipinski definition) is 4. The molecule has 0 atom stereocenters. The highest BCUT2D eigenvalue weighted by Gasteiger charge is 2.12. The van der Waals surface area contributed by atoms with Crippen molar-refractivity contribution >= 4 is 27.6 Å². The molecule has 0 aliphatic rings. The van der Waals surface area contributed by atoms with Crippen molar-refractivity contribution in [1.82, 2.24) is 0 Å². The van der Waals surface area contributed by atoms with Crippen LogP contribution >= 0.6 is 0 Å². The third-order valence-corrected chi connectivity index (χ3v) is 4.69. The standard InChI is InChI=1S/C22H23N3O3/c1-26-17-9-8-16-11-15(7-5-4-6-10-24-25-23)19-13-21(27-2)22(28-3)14-20(19)18(16)12-17/h5,7-9,11-14H,4,6,10H2,1-3H3/b7-5-. The highest BCUT2D eigenvalue weighted by Crippen LogP contribution is 2.39. The molecule has 0 heterocycles. The maximum atomic E-state index is 8.36. The lowest BCUT2D eigenvalue weighted by molar-refractivity contribution is 0.356. The first-order chi connectivity index (χ1) is 13.7. The van der Waals surface area contributed by atoms with Crippen molar-refractivity contribution in [3.05, 3.63) is 58.5 Å². The van der Waals surface area contributed by atoms with Crippen molar-refractivity contribution in [2.24, 2.45) is 5.11 Å². The SMILES string of the molecule is COc1ccc2cc(/C=C\CCCN=[N+]=[N-])c3cc(OC)c(OC)cc3c2c1. The van der Waals surface area contributed by atoms with Crippen LogP contribution < -0.4 is 14.2 Å². The minimum absolute atomic E-state index is 0.504. The van der Waals surface area contributed by atoms with Gasteiger partial charge in [0.2, 0.25) is 0 Å². The van der Waals surface area contributed by atoms with Crippen molar-refractivity contribution in [1.29, 1.82) is 0 Å². The average Bonchev–Trinajstić information content (AvgIpc) is 2.74. The fourth-order valence-electron chi connectivity index (χ4n) is 3.28. The molecule has 0 aliphatic carbocycles. The second kappa shape index (κ2) is 9.02. The van der Waals surface area contributed by atoms with Crippen LogP contribution in [-0.2, 0) is 0 Å². The molecule has 0 N–H and O–H groups in total.